The molecule has 3 rings (SSSR count). The van der Waals surface area contributed by atoms with Gasteiger partial charge in [-0.15, -0.1) is 0 Å². The molecule has 0 aromatic heterocycles. The number of hydrogen-bond donors (Lipinski definition) is 0. The van der Waals surface area contributed by atoms with Crippen LogP contribution in [0.1, 0.15) is 13.8 Å². The molecule has 148 valence electrons. The molecule has 0 radical (unpaired) electrons. The number of nitrogens with zero attached hydrogens (tertiary/aromatic N) is 2. The molecule has 0 saturated heterocycles. The number of rotatable bonds is 3. The third kappa shape index (κ3) is 11.2. The molecule has 0 N–H and O–H groups in total. The summed E-state index contributed by atoms with van der Waals surface area (Å²) in [7, 11) is 9.18. The van der Waals surface area contributed by atoms with Gasteiger partial charge in [-0.1, -0.05) is 91.0 Å². The van der Waals surface area contributed by atoms with Crippen molar-refractivity contribution < 1.29 is 15.9 Å². The van der Waals surface area contributed by atoms with Crippen molar-refractivity contribution in [3.63, 3.8) is 0 Å². The maximum Gasteiger partial charge on any atom is -0.0134 e. The van der Waals surface area contributed by atoms with E-state index in [1.165, 1.54) is 29.8 Å². The van der Waals surface area contributed by atoms with E-state index in [-0.39, 0.29) is 15.9 Å². The molecule has 6 heteroatoms. The molecule has 0 saturated carbocycles. The van der Waals surface area contributed by atoms with Crippen molar-refractivity contribution in [3.8, 4) is 12.1 Å². The van der Waals surface area contributed by atoms with E-state index in [1.54, 1.807) is 12.1 Å². The van der Waals surface area contributed by atoms with Crippen molar-refractivity contribution >= 4 is 42.9 Å². The fourth-order valence-electron chi connectivity index (χ4n) is 2.18. The second kappa shape index (κ2) is 18.7. The number of hydrogen-bond acceptors (Lipinski definition) is 2. The van der Waals surface area contributed by atoms with Crippen LogP contribution < -0.4 is 15.9 Å². The van der Waals surface area contributed by atoms with Crippen LogP contribution >= 0.6 is 27.0 Å². The summed E-state index contributed by atoms with van der Waals surface area (Å²) >= 11 is -0.106. The first kappa shape index (κ1) is 26.3. The zero-order valence-corrected chi connectivity index (χ0v) is 19.5. The Morgan fingerprint density at radius 3 is 0.964 bits per heavy atom. The molecule has 0 bridgehead atoms. The maximum atomic E-state index is 7.32. The van der Waals surface area contributed by atoms with Crippen LogP contribution in [0.25, 0.3) is 0 Å². The molecule has 0 aliphatic heterocycles. The standard InChI is InChI=1S/C18H15P.2C2H3N.2ClH.Pd/c1-4-10-16(11-5-1)19(17-12-6-2-7-13-17)18-14-8-3-9-15-18;2*1-2-3;;;/h1-15H;2*1H3;2*1H;/q;;;;;+2/p-2. The van der Waals surface area contributed by atoms with Crippen LogP contribution in [0, 0.1) is 22.7 Å². The zero-order valence-electron chi connectivity index (χ0n) is 15.6. The summed E-state index contributed by atoms with van der Waals surface area (Å²) in [6.45, 7) is 2.86. The second-order valence-electron chi connectivity index (χ2n) is 4.83. The van der Waals surface area contributed by atoms with E-state index in [9.17, 15) is 0 Å². The van der Waals surface area contributed by atoms with Gasteiger partial charge in [0.25, 0.3) is 0 Å². The Hall–Kier alpha value is -1.69. The minimum absolute atomic E-state index is 0.106. The van der Waals surface area contributed by atoms with Gasteiger partial charge < -0.3 is 0 Å². The monoisotopic (exact) mass is 520 g/mol. The van der Waals surface area contributed by atoms with Gasteiger partial charge >= 0.3 is 35.0 Å². The minimum atomic E-state index is -0.446. The van der Waals surface area contributed by atoms with Gasteiger partial charge in [-0.25, -0.2) is 0 Å². The van der Waals surface area contributed by atoms with Gasteiger partial charge in [0.15, 0.2) is 0 Å². The van der Waals surface area contributed by atoms with Gasteiger partial charge in [0, 0.05) is 13.8 Å². The molecule has 0 fully saturated rings. The molecule has 0 heterocycles. The molecular formula is C22H21Cl2N2PPd. The first-order chi connectivity index (χ1) is 13.7. The van der Waals surface area contributed by atoms with E-state index in [0.29, 0.717) is 0 Å². The Labute approximate surface area is 185 Å². The van der Waals surface area contributed by atoms with Gasteiger partial charge in [-0.05, 0) is 23.8 Å². The van der Waals surface area contributed by atoms with Crippen LogP contribution in [-0.4, -0.2) is 0 Å². The second-order valence-corrected chi connectivity index (χ2v) is 9.41. The Morgan fingerprint density at radius 2 is 0.786 bits per heavy atom. The first-order valence-corrected chi connectivity index (χ1v) is 13.4. The van der Waals surface area contributed by atoms with E-state index in [4.69, 9.17) is 29.6 Å². The summed E-state index contributed by atoms with van der Waals surface area (Å²) in [5.74, 6) is 0. The topological polar surface area (TPSA) is 47.6 Å². The van der Waals surface area contributed by atoms with Crippen LogP contribution in [-0.2, 0) is 15.9 Å². The maximum absolute atomic E-state index is 7.32. The summed E-state index contributed by atoms with van der Waals surface area (Å²) in [6, 6.07) is 35.8. The zero-order chi connectivity index (χ0) is 21.0. The average molecular weight is 522 g/mol. The Morgan fingerprint density at radius 1 is 0.607 bits per heavy atom. The minimum Gasteiger partial charge on any atom is -0.0622 e. The third-order valence-corrected chi connectivity index (χ3v) is 5.49. The van der Waals surface area contributed by atoms with Gasteiger partial charge in [-0.3, -0.25) is 0 Å². The summed E-state index contributed by atoms with van der Waals surface area (Å²) in [4.78, 5) is 0. The van der Waals surface area contributed by atoms with Crippen molar-refractivity contribution in [2.75, 3.05) is 0 Å². The molecule has 0 atom stereocenters. The quantitative estimate of drug-likeness (QED) is 0.319. The van der Waals surface area contributed by atoms with Crippen molar-refractivity contribution in [3.05, 3.63) is 91.0 Å². The van der Waals surface area contributed by atoms with E-state index < -0.39 is 7.92 Å². The van der Waals surface area contributed by atoms with Gasteiger partial charge in [-0.2, -0.15) is 10.5 Å². The van der Waals surface area contributed by atoms with Crippen LogP contribution in [0.2, 0.25) is 0 Å². The van der Waals surface area contributed by atoms with Crippen molar-refractivity contribution in [2.24, 2.45) is 0 Å². The molecule has 2 nitrogen and oxygen atoms in total. The smallest absolute Gasteiger partial charge is 0.0134 e. The van der Waals surface area contributed by atoms with Crippen molar-refractivity contribution in [2.45, 2.75) is 13.8 Å². The summed E-state index contributed by atoms with van der Waals surface area (Å²) in [6.07, 6.45) is 0. The molecule has 0 amide bonds. The number of benzene rings is 3. The summed E-state index contributed by atoms with van der Waals surface area (Å²) in [5, 5.41) is 18.8. The molecular weight excluding hydrogens is 501 g/mol. The van der Waals surface area contributed by atoms with Crippen molar-refractivity contribution in [1.82, 2.24) is 0 Å². The van der Waals surface area contributed by atoms with Crippen molar-refractivity contribution in [1.29, 1.82) is 10.5 Å². The Bertz CT molecular complexity index is 714. The molecule has 0 unspecified atom stereocenters. The average Bonchev–Trinajstić information content (AvgIpc) is 2.73. The van der Waals surface area contributed by atoms with Crippen LogP contribution in [0.3, 0.4) is 0 Å². The van der Waals surface area contributed by atoms with E-state index in [0.717, 1.165) is 0 Å². The van der Waals surface area contributed by atoms with E-state index >= 15 is 0 Å². The molecule has 28 heavy (non-hydrogen) atoms. The molecule has 3 aromatic rings. The van der Waals surface area contributed by atoms with Gasteiger partial charge in [0.2, 0.25) is 0 Å². The Balaban J connectivity index is 0.000000695. The molecule has 3 aromatic carbocycles. The SMILES string of the molecule is CC#N.CC#N.[Cl][Pd][Cl].c1ccc(P(c2ccccc2)c2ccccc2)cc1. The van der Waals surface area contributed by atoms with Gasteiger partial charge in [0.1, 0.15) is 0 Å². The predicted octanol–water partition coefficient (Wildman–Crippen LogP) is 5.88. The third-order valence-electron chi connectivity index (χ3n) is 3.04. The summed E-state index contributed by atoms with van der Waals surface area (Å²) < 4.78 is 0. The van der Waals surface area contributed by atoms with Crippen LogP contribution in [0.4, 0.5) is 0 Å². The van der Waals surface area contributed by atoms with Gasteiger partial charge in [0.05, 0.1) is 12.1 Å². The molecule has 0 spiro atoms. The van der Waals surface area contributed by atoms with E-state index in [1.807, 2.05) is 0 Å². The summed E-state index contributed by atoms with van der Waals surface area (Å²) in [5.41, 5.74) is 0. The molecule has 0 aliphatic carbocycles. The Kier molecular flexibility index (Phi) is 17.5. The largest absolute Gasteiger partial charge is 0.0622 e. The predicted molar refractivity (Wildman–Crippen MR) is 119 cm³/mol. The number of nitriles is 2. The fraction of sp³-hybridized carbons (Fsp3) is 0.0909. The normalized spacial score (nSPS) is 8.54. The van der Waals surface area contributed by atoms with E-state index in [2.05, 4.69) is 91.0 Å². The first-order valence-electron chi connectivity index (χ1n) is 8.09. The fourth-order valence-corrected chi connectivity index (χ4v) is 4.48. The van der Waals surface area contributed by atoms with Crippen LogP contribution in [0.15, 0.2) is 91.0 Å². The molecule has 0 aliphatic rings. The van der Waals surface area contributed by atoms with Crippen LogP contribution in [0.5, 0.6) is 0 Å². The number of halogens is 2.